The largest absolute Gasteiger partial charge is 0.395 e. The summed E-state index contributed by atoms with van der Waals surface area (Å²) in [5.41, 5.74) is 1.71. The summed E-state index contributed by atoms with van der Waals surface area (Å²) >= 11 is 0. The smallest absolute Gasteiger partial charge is 0.267 e. The molecule has 4 nitrogen and oxygen atoms in total. The summed E-state index contributed by atoms with van der Waals surface area (Å²) in [7, 11) is 0. The zero-order chi connectivity index (χ0) is 13.5. The highest BCUT2D eigenvalue weighted by Gasteiger charge is 1.98. The summed E-state index contributed by atoms with van der Waals surface area (Å²) < 4.78 is 1.40. The van der Waals surface area contributed by atoms with E-state index in [9.17, 15) is 4.79 Å². The normalized spacial score (nSPS) is 9.74. The third-order valence-electron chi connectivity index (χ3n) is 2.51. The highest BCUT2D eigenvalue weighted by Crippen LogP contribution is 2.05. The van der Waals surface area contributed by atoms with Crippen molar-refractivity contribution >= 4 is 0 Å². The third kappa shape index (κ3) is 3.80. The van der Waals surface area contributed by atoms with Crippen molar-refractivity contribution in [2.24, 2.45) is 0 Å². The number of aliphatic hydroxyl groups is 1. The Bertz CT molecular complexity index is 665. The summed E-state index contributed by atoms with van der Waals surface area (Å²) in [5.74, 6) is 5.84. The van der Waals surface area contributed by atoms with Gasteiger partial charge in [-0.3, -0.25) is 4.79 Å². The van der Waals surface area contributed by atoms with Crippen molar-refractivity contribution in [3.63, 3.8) is 0 Å². The Kier molecular flexibility index (Phi) is 4.49. The van der Waals surface area contributed by atoms with Crippen molar-refractivity contribution in [1.82, 2.24) is 9.78 Å². The van der Waals surface area contributed by atoms with E-state index in [1.165, 1.54) is 10.7 Å². The molecule has 0 amide bonds. The Hall–Kier alpha value is -2.38. The first-order chi connectivity index (χ1) is 9.29. The van der Waals surface area contributed by atoms with Gasteiger partial charge in [0.15, 0.2) is 0 Å². The van der Waals surface area contributed by atoms with Crippen LogP contribution in [0.4, 0.5) is 0 Å². The van der Waals surface area contributed by atoms with Crippen molar-refractivity contribution in [2.45, 2.75) is 13.0 Å². The molecule has 0 saturated heterocycles. The van der Waals surface area contributed by atoms with Gasteiger partial charge in [-0.2, -0.15) is 5.10 Å². The molecule has 0 unspecified atom stereocenters. The average molecular weight is 254 g/mol. The molecule has 0 aliphatic carbocycles. The molecule has 96 valence electrons. The van der Waals surface area contributed by atoms with Crippen molar-refractivity contribution in [3.8, 4) is 11.8 Å². The predicted octanol–water partition coefficient (Wildman–Crippen LogP) is 1.03. The van der Waals surface area contributed by atoms with Gasteiger partial charge in [-0.1, -0.05) is 24.0 Å². The SMILES string of the molecule is O=c1cccnn1Cc1cccc(C#CCCO)c1. The lowest BCUT2D eigenvalue weighted by Crippen LogP contribution is -2.21. The summed E-state index contributed by atoms with van der Waals surface area (Å²) in [5, 5.41) is 12.7. The van der Waals surface area contributed by atoms with E-state index >= 15 is 0 Å². The van der Waals surface area contributed by atoms with Crippen LogP contribution < -0.4 is 5.56 Å². The molecule has 1 heterocycles. The highest BCUT2D eigenvalue weighted by molar-refractivity contribution is 5.37. The minimum atomic E-state index is -0.126. The maximum Gasteiger partial charge on any atom is 0.267 e. The zero-order valence-corrected chi connectivity index (χ0v) is 10.4. The molecule has 1 aromatic carbocycles. The summed E-state index contributed by atoms with van der Waals surface area (Å²) in [6.45, 7) is 0.491. The molecule has 2 rings (SSSR count). The van der Waals surface area contributed by atoms with Crippen LogP contribution >= 0.6 is 0 Å². The molecule has 0 aliphatic rings. The van der Waals surface area contributed by atoms with Crippen LogP contribution in [0.5, 0.6) is 0 Å². The molecule has 0 fully saturated rings. The molecule has 1 aromatic heterocycles. The lowest BCUT2D eigenvalue weighted by molar-refractivity contribution is 0.305. The third-order valence-corrected chi connectivity index (χ3v) is 2.51. The number of hydrogen-bond acceptors (Lipinski definition) is 3. The molecule has 19 heavy (non-hydrogen) atoms. The van der Waals surface area contributed by atoms with Crippen molar-refractivity contribution in [1.29, 1.82) is 0 Å². The van der Waals surface area contributed by atoms with Crippen LogP contribution in [0.25, 0.3) is 0 Å². The van der Waals surface area contributed by atoms with Crippen LogP contribution in [0.15, 0.2) is 47.4 Å². The number of hydrogen-bond donors (Lipinski definition) is 1. The maximum atomic E-state index is 11.6. The first kappa shape index (κ1) is 13.1. The molecular formula is C15H14N2O2. The monoisotopic (exact) mass is 254 g/mol. The highest BCUT2D eigenvalue weighted by atomic mass is 16.2. The van der Waals surface area contributed by atoms with Crippen LogP contribution in [-0.2, 0) is 6.54 Å². The second-order valence-electron chi connectivity index (χ2n) is 4.00. The zero-order valence-electron chi connectivity index (χ0n) is 10.4. The van der Waals surface area contributed by atoms with Gasteiger partial charge in [-0.15, -0.1) is 0 Å². The Balaban J connectivity index is 2.19. The molecular weight excluding hydrogens is 240 g/mol. The first-order valence-electron chi connectivity index (χ1n) is 6.00. The predicted molar refractivity (Wildman–Crippen MR) is 72.6 cm³/mol. The lowest BCUT2D eigenvalue weighted by Gasteiger charge is -2.04. The Morgan fingerprint density at radius 3 is 2.95 bits per heavy atom. The number of rotatable bonds is 3. The summed E-state index contributed by atoms with van der Waals surface area (Å²) in [6, 6.07) is 10.7. The lowest BCUT2D eigenvalue weighted by atomic mass is 10.1. The van der Waals surface area contributed by atoms with E-state index in [4.69, 9.17) is 5.11 Å². The first-order valence-corrected chi connectivity index (χ1v) is 6.00. The van der Waals surface area contributed by atoms with Gasteiger partial charge in [0.05, 0.1) is 13.2 Å². The molecule has 4 heteroatoms. The number of aliphatic hydroxyl groups excluding tert-OH is 1. The van der Waals surface area contributed by atoms with Gasteiger partial charge in [0, 0.05) is 24.2 Å². The molecule has 0 atom stereocenters. The van der Waals surface area contributed by atoms with E-state index in [0.717, 1.165) is 11.1 Å². The molecule has 2 aromatic rings. The van der Waals surface area contributed by atoms with Crippen LogP contribution in [-0.4, -0.2) is 21.5 Å². The van der Waals surface area contributed by atoms with Crippen molar-refractivity contribution < 1.29 is 5.11 Å². The van der Waals surface area contributed by atoms with Crippen LogP contribution in [0, 0.1) is 11.8 Å². The van der Waals surface area contributed by atoms with Gasteiger partial charge in [0.1, 0.15) is 0 Å². The number of nitrogens with zero attached hydrogens (tertiary/aromatic N) is 2. The molecule has 0 bridgehead atoms. The van der Waals surface area contributed by atoms with E-state index in [1.54, 1.807) is 12.3 Å². The average Bonchev–Trinajstić information content (AvgIpc) is 2.42. The Morgan fingerprint density at radius 2 is 2.16 bits per heavy atom. The fraction of sp³-hybridized carbons (Fsp3) is 0.200. The van der Waals surface area contributed by atoms with E-state index < -0.39 is 0 Å². The fourth-order valence-electron chi connectivity index (χ4n) is 1.65. The van der Waals surface area contributed by atoms with Gasteiger partial charge in [0.2, 0.25) is 0 Å². The fourth-order valence-corrected chi connectivity index (χ4v) is 1.65. The summed E-state index contributed by atoms with van der Waals surface area (Å²) in [6.07, 6.45) is 2.05. The molecule has 0 aliphatic heterocycles. The number of benzene rings is 1. The summed E-state index contributed by atoms with van der Waals surface area (Å²) in [4.78, 5) is 11.6. The molecule has 1 N–H and O–H groups in total. The second kappa shape index (κ2) is 6.53. The standard InChI is InChI=1S/C15H14N2O2/c18-10-2-1-5-13-6-3-7-14(11-13)12-17-15(19)8-4-9-16-17/h3-4,6-9,11,18H,2,10,12H2. The minimum absolute atomic E-state index is 0.0655. The van der Waals surface area contributed by atoms with Gasteiger partial charge in [0.25, 0.3) is 5.56 Å². The van der Waals surface area contributed by atoms with E-state index in [-0.39, 0.29) is 12.2 Å². The minimum Gasteiger partial charge on any atom is -0.395 e. The topological polar surface area (TPSA) is 55.1 Å². The molecule has 0 spiro atoms. The van der Waals surface area contributed by atoms with Gasteiger partial charge < -0.3 is 5.11 Å². The van der Waals surface area contributed by atoms with E-state index in [2.05, 4.69) is 16.9 Å². The van der Waals surface area contributed by atoms with Crippen molar-refractivity contribution in [3.05, 3.63) is 64.1 Å². The Labute approximate surface area is 111 Å². The molecule has 0 saturated carbocycles. The quantitative estimate of drug-likeness (QED) is 0.832. The second-order valence-corrected chi connectivity index (χ2v) is 4.00. The van der Waals surface area contributed by atoms with Crippen LogP contribution in [0.3, 0.4) is 0 Å². The Morgan fingerprint density at radius 1 is 1.26 bits per heavy atom. The molecule has 0 radical (unpaired) electrons. The van der Waals surface area contributed by atoms with Crippen LogP contribution in [0.1, 0.15) is 17.5 Å². The van der Waals surface area contributed by atoms with Crippen LogP contribution in [0.2, 0.25) is 0 Å². The van der Waals surface area contributed by atoms with Gasteiger partial charge >= 0.3 is 0 Å². The van der Waals surface area contributed by atoms with Gasteiger partial charge in [-0.25, -0.2) is 4.68 Å². The number of aromatic nitrogens is 2. The van der Waals surface area contributed by atoms with E-state index in [1.807, 2.05) is 24.3 Å². The van der Waals surface area contributed by atoms with Gasteiger partial charge in [-0.05, 0) is 23.8 Å². The maximum absolute atomic E-state index is 11.6. The van der Waals surface area contributed by atoms with Crippen molar-refractivity contribution in [2.75, 3.05) is 6.61 Å². The van der Waals surface area contributed by atoms with E-state index in [0.29, 0.717) is 13.0 Å².